The molecule has 0 aromatic heterocycles. The summed E-state index contributed by atoms with van der Waals surface area (Å²) in [6.45, 7) is 7.52. The van der Waals surface area contributed by atoms with Crippen LogP contribution in [0.4, 0.5) is 0 Å². The van der Waals surface area contributed by atoms with Crippen molar-refractivity contribution < 1.29 is 4.74 Å². The molecule has 1 aromatic rings. The quantitative estimate of drug-likeness (QED) is 0.739. The number of piperidine rings is 1. The molecule has 0 saturated carbocycles. The topological polar surface area (TPSA) is 24.5 Å². The molecule has 3 nitrogen and oxygen atoms in total. The maximum absolute atomic E-state index is 5.82. The van der Waals surface area contributed by atoms with Crippen LogP contribution in [0.2, 0.25) is 0 Å². The Kier molecular flexibility index (Phi) is 6.89. The number of benzene rings is 1. The molecular weight excluding hydrogens is 248 g/mol. The monoisotopic (exact) mass is 276 g/mol. The predicted molar refractivity (Wildman–Crippen MR) is 84.3 cm³/mol. The molecule has 0 amide bonds. The highest BCUT2D eigenvalue weighted by molar-refractivity contribution is 5.20. The largest absolute Gasteiger partial charge is 0.492 e. The lowest BCUT2D eigenvalue weighted by Crippen LogP contribution is -2.47. The normalized spacial score (nSPS) is 19.9. The molecule has 0 spiro atoms. The molecule has 0 bridgehead atoms. The Morgan fingerprint density at radius 1 is 1.25 bits per heavy atom. The lowest BCUT2D eigenvalue weighted by Gasteiger charge is -2.35. The molecule has 1 N–H and O–H groups in total. The molecule has 112 valence electrons. The lowest BCUT2D eigenvalue weighted by atomic mass is 10.0. The summed E-state index contributed by atoms with van der Waals surface area (Å²) in [5, 5.41) is 3.56. The Morgan fingerprint density at radius 2 is 2.10 bits per heavy atom. The lowest BCUT2D eigenvalue weighted by molar-refractivity contribution is 0.121. The van der Waals surface area contributed by atoms with Crippen LogP contribution in [0.15, 0.2) is 30.3 Å². The van der Waals surface area contributed by atoms with Crippen LogP contribution < -0.4 is 10.1 Å². The van der Waals surface area contributed by atoms with Gasteiger partial charge in [0.05, 0.1) is 0 Å². The third-order valence-electron chi connectivity index (χ3n) is 3.95. The molecule has 0 radical (unpaired) electrons. The zero-order chi connectivity index (χ0) is 14.0. The number of ether oxygens (including phenoxy) is 1. The van der Waals surface area contributed by atoms with E-state index in [9.17, 15) is 0 Å². The Hall–Kier alpha value is -1.06. The van der Waals surface area contributed by atoms with Gasteiger partial charge in [0.25, 0.3) is 0 Å². The van der Waals surface area contributed by atoms with Crippen molar-refractivity contribution in [2.75, 3.05) is 32.8 Å². The average molecular weight is 276 g/mol. The van der Waals surface area contributed by atoms with Gasteiger partial charge in [0, 0.05) is 19.1 Å². The Bertz CT molecular complexity index is 355. The van der Waals surface area contributed by atoms with Gasteiger partial charge in [-0.2, -0.15) is 0 Å². The summed E-state index contributed by atoms with van der Waals surface area (Å²) in [5.74, 6) is 0.977. The summed E-state index contributed by atoms with van der Waals surface area (Å²) in [5.41, 5.74) is 0. The van der Waals surface area contributed by atoms with Gasteiger partial charge in [0.15, 0.2) is 0 Å². The maximum atomic E-state index is 5.82. The van der Waals surface area contributed by atoms with E-state index in [4.69, 9.17) is 4.74 Å². The van der Waals surface area contributed by atoms with E-state index in [0.717, 1.165) is 32.0 Å². The molecule has 1 aromatic carbocycles. The van der Waals surface area contributed by atoms with Crippen molar-refractivity contribution in [2.45, 2.75) is 38.6 Å². The zero-order valence-electron chi connectivity index (χ0n) is 12.7. The van der Waals surface area contributed by atoms with Crippen LogP contribution in [0.5, 0.6) is 5.75 Å². The smallest absolute Gasteiger partial charge is 0.119 e. The van der Waals surface area contributed by atoms with E-state index in [1.54, 1.807) is 0 Å². The SMILES string of the molecule is CCCNCC1CCCCN1CCOc1ccccc1. The van der Waals surface area contributed by atoms with Crippen LogP contribution in [0.3, 0.4) is 0 Å². The Labute approximate surface area is 123 Å². The summed E-state index contributed by atoms with van der Waals surface area (Å²) in [7, 11) is 0. The van der Waals surface area contributed by atoms with Crippen molar-refractivity contribution in [3.63, 3.8) is 0 Å². The second kappa shape index (κ2) is 8.98. The minimum Gasteiger partial charge on any atom is -0.492 e. The number of hydrogen-bond acceptors (Lipinski definition) is 3. The highest BCUT2D eigenvalue weighted by Crippen LogP contribution is 2.16. The fourth-order valence-electron chi connectivity index (χ4n) is 2.83. The van der Waals surface area contributed by atoms with Crippen molar-refractivity contribution in [1.29, 1.82) is 0 Å². The van der Waals surface area contributed by atoms with Gasteiger partial charge in [-0.25, -0.2) is 0 Å². The fraction of sp³-hybridized carbons (Fsp3) is 0.647. The van der Waals surface area contributed by atoms with Crippen molar-refractivity contribution in [3.8, 4) is 5.75 Å². The molecule has 3 heteroatoms. The molecule has 1 fully saturated rings. The summed E-state index contributed by atoms with van der Waals surface area (Å²) in [6, 6.07) is 10.8. The minimum absolute atomic E-state index is 0.690. The number of hydrogen-bond donors (Lipinski definition) is 1. The third kappa shape index (κ3) is 5.14. The second-order valence-electron chi connectivity index (χ2n) is 5.55. The first kappa shape index (κ1) is 15.3. The highest BCUT2D eigenvalue weighted by Gasteiger charge is 2.21. The average Bonchev–Trinajstić information content (AvgIpc) is 2.50. The van der Waals surface area contributed by atoms with Crippen LogP contribution in [0, 0.1) is 0 Å². The van der Waals surface area contributed by atoms with E-state index in [0.29, 0.717) is 6.04 Å². The molecule has 1 aliphatic rings. The van der Waals surface area contributed by atoms with E-state index in [2.05, 4.69) is 17.1 Å². The van der Waals surface area contributed by atoms with Crippen molar-refractivity contribution >= 4 is 0 Å². The first-order chi connectivity index (χ1) is 9.90. The van der Waals surface area contributed by atoms with Gasteiger partial charge in [-0.15, -0.1) is 0 Å². The molecule has 1 atom stereocenters. The van der Waals surface area contributed by atoms with Gasteiger partial charge in [-0.3, -0.25) is 4.90 Å². The van der Waals surface area contributed by atoms with Crippen LogP contribution >= 0.6 is 0 Å². The van der Waals surface area contributed by atoms with Crippen molar-refractivity contribution in [2.24, 2.45) is 0 Å². The van der Waals surface area contributed by atoms with E-state index in [-0.39, 0.29) is 0 Å². The number of likely N-dealkylation sites (tertiary alicyclic amines) is 1. The first-order valence-corrected chi connectivity index (χ1v) is 8.02. The van der Waals surface area contributed by atoms with Gasteiger partial charge in [0.2, 0.25) is 0 Å². The van der Waals surface area contributed by atoms with Gasteiger partial charge in [-0.1, -0.05) is 31.5 Å². The molecule has 20 heavy (non-hydrogen) atoms. The molecule has 1 aliphatic heterocycles. The highest BCUT2D eigenvalue weighted by atomic mass is 16.5. The molecule has 1 saturated heterocycles. The zero-order valence-corrected chi connectivity index (χ0v) is 12.7. The van der Waals surface area contributed by atoms with E-state index >= 15 is 0 Å². The van der Waals surface area contributed by atoms with E-state index in [1.165, 1.54) is 32.2 Å². The standard InChI is InChI=1S/C17H28N2O/c1-2-11-18-15-16-8-6-7-12-19(16)13-14-20-17-9-4-3-5-10-17/h3-5,9-10,16,18H,2,6-8,11-15H2,1H3. The van der Waals surface area contributed by atoms with Crippen LogP contribution in [-0.4, -0.2) is 43.7 Å². The van der Waals surface area contributed by atoms with Gasteiger partial charge >= 0.3 is 0 Å². The third-order valence-corrected chi connectivity index (χ3v) is 3.95. The summed E-state index contributed by atoms with van der Waals surface area (Å²) >= 11 is 0. The Morgan fingerprint density at radius 3 is 2.90 bits per heavy atom. The van der Waals surface area contributed by atoms with Gasteiger partial charge in [-0.05, 0) is 44.5 Å². The van der Waals surface area contributed by atoms with E-state index < -0.39 is 0 Å². The molecule has 1 heterocycles. The first-order valence-electron chi connectivity index (χ1n) is 8.02. The number of para-hydroxylation sites is 1. The van der Waals surface area contributed by atoms with Crippen LogP contribution in [0.1, 0.15) is 32.6 Å². The molecule has 1 unspecified atom stereocenters. The fourth-order valence-corrected chi connectivity index (χ4v) is 2.83. The minimum atomic E-state index is 0.690. The maximum Gasteiger partial charge on any atom is 0.119 e. The summed E-state index contributed by atoms with van der Waals surface area (Å²) in [4.78, 5) is 2.59. The molecule has 0 aliphatic carbocycles. The summed E-state index contributed by atoms with van der Waals surface area (Å²) < 4.78 is 5.82. The van der Waals surface area contributed by atoms with E-state index in [1.807, 2.05) is 30.3 Å². The Balaban J connectivity index is 1.71. The number of rotatable bonds is 8. The number of nitrogens with zero attached hydrogens (tertiary/aromatic N) is 1. The van der Waals surface area contributed by atoms with Gasteiger partial charge < -0.3 is 10.1 Å². The van der Waals surface area contributed by atoms with Crippen LogP contribution in [-0.2, 0) is 0 Å². The second-order valence-corrected chi connectivity index (χ2v) is 5.55. The van der Waals surface area contributed by atoms with Gasteiger partial charge in [0.1, 0.15) is 12.4 Å². The van der Waals surface area contributed by atoms with Crippen LogP contribution in [0.25, 0.3) is 0 Å². The molecule has 2 rings (SSSR count). The summed E-state index contributed by atoms with van der Waals surface area (Å²) in [6.07, 6.45) is 5.23. The number of nitrogens with one attached hydrogen (secondary N) is 1. The predicted octanol–water partition coefficient (Wildman–Crippen LogP) is 2.92. The van der Waals surface area contributed by atoms with Crippen molar-refractivity contribution in [3.05, 3.63) is 30.3 Å². The molecular formula is C17H28N2O. The van der Waals surface area contributed by atoms with Crippen molar-refractivity contribution in [1.82, 2.24) is 10.2 Å².